The maximum atomic E-state index is 14.1. The number of aliphatic hydroxyl groups excluding tert-OH is 1. The zero-order valence-corrected chi connectivity index (χ0v) is 15.4. The zero-order valence-electron chi connectivity index (χ0n) is 14.6. The Hall–Kier alpha value is -3.06. The van der Waals surface area contributed by atoms with Crippen LogP contribution in [0.2, 0.25) is 0 Å². The van der Waals surface area contributed by atoms with Crippen molar-refractivity contribution in [3.05, 3.63) is 52.6 Å². The summed E-state index contributed by atoms with van der Waals surface area (Å²) in [7, 11) is -4.46. The van der Waals surface area contributed by atoms with Crippen LogP contribution in [0.25, 0.3) is 5.69 Å². The number of nitrogens with one attached hydrogen (secondary N) is 1. The summed E-state index contributed by atoms with van der Waals surface area (Å²) >= 11 is 0. The monoisotopic (exact) mass is 426 g/mol. The van der Waals surface area contributed by atoms with Gasteiger partial charge in [0.25, 0.3) is 5.92 Å². The van der Waals surface area contributed by atoms with Crippen molar-refractivity contribution in [2.45, 2.75) is 31.5 Å². The highest BCUT2D eigenvalue weighted by Gasteiger charge is 2.46. The molecule has 8 nitrogen and oxygen atoms in total. The van der Waals surface area contributed by atoms with Crippen molar-refractivity contribution in [1.82, 2.24) is 9.29 Å². The quantitative estimate of drug-likeness (QED) is 0.555. The van der Waals surface area contributed by atoms with Gasteiger partial charge in [-0.3, -0.25) is 0 Å². The summed E-state index contributed by atoms with van der Waals surface area (Å²) in [4.78, 5) is 0. The first-order chi connectivity index (χ1) is 13.6. The van der Waals surface area contributed by atoms with Gasteiger partial charge in [-0.1, -0.05) is 0 Å². The number of benzene rings is 1. The van der Waals surface area contributed by atoms with Gasteiger partial charge in [0.2, 0.25) is 0 Å². The van der Waals surface area contributed by atoms with Crippen LogP contribution in [0.15, 0.2) is 24.4 Å². The van der Waals surface area contributed by atoms with Crippen LogP contribution in [-0.4, -0.2) is 24.0 Å². The maximum Gasteiger partial charge on any atom is 0.368 e. The molecule has 1 aliphatic carbocycles. The number of alkyl halides is 2. The Bertz CT molecular complexity index is 1150. The molecule has 1 atom stereocenters. The molecular formula is C17H13F3N4O4S. The Morgan fingerprint density at radius 3 is 2.76 bits per heavy atom. The highest BCUT2D eigenvalue weighted by molar-refractivity contribution is 7.84. The highest BCUT2D eigenvalue weighted by atomic mass is 32.2. The van der Waals surface area contributed by atoms with Crippen molar-refractivity contribution in [2.75, 3.05) is 0 Å². The molecule has 12 heteroatoms. The van der Waals surface area contributed by atoms with E-state index in [4.69, 9.17) is 10.5 Å². The lowest BCUT2D eigenvalue weighted by molar-refractivity contribution is -0.122. The molecule has 0 aliphatic heterocycles. The first-order valence-electron chi connectivity index (χ1n) is 8.14. The molecule has 3 rings (SSSR count). The van der Waals surface area contributed by atoms with E-state index in [9.17, 15) is 26.7 Å². The largest absolute Gasteiger partial charge is 0.382 e. The summed E-state index contributed by atoms with van der Waals surface area (Å²) in [6.07, 6.45) is -0.597. The van der Waals surface area contributed by atoms with E-state index in [-0.39, 0.29) is 34.5 Å². The number of hydrogen-bond acceptors (Lipinski definition) is 6. The molecule has 1 aromatic heterocycles. The van der Waals surface area contributed by atoms with E-state index < -0.39 is 41.2 Å². The minimum absolute atomic E-state index is 0.0574. The van der Waals surface area contributed by atoms with Crippen molar-refractivity contribution in [2.24, 2.45) is 0 Å². The van der Waals surface area contributed by atoms with Gasteiger partial charge in [-0.2, -0.15) is 23.7 Å². The summed E-state index contributed by atoms with van der Waals surface area (Å²) in [5, 5.41) is 27.6. The number of halogens is 3. The minimum Gasteiger partial charge on any atom is -0.382 e. The van der Waals surface area contributed by atoms with Crippen LogP contribution >= 0.6 is 0 Å². The molecule has 2 N–H and O–H groups in total. The number of aromatic nitrogens is 1. The summed E-state index contributed by atoms with van der Waals surface area (Å²) in [6, 6.07) is 5.22. The first-order valence-corrected chi connectivity index (χ1v) is 9.54. The van der Waals surface area contributed by atoms with Crippen LogP contribution in [0.5, 0.6) is 0 Å². The number of nitrogens with zero attached hydrogens (tertiary/aromatic N) is 3. The third-order valence-corrected chi connectivity index (χ3v) is 5.26. The maximum absolute atomic E-state index is 14.1. The van der Waals surface area contributed by atoms with E-state index in [1.54, 1.807) is 6.07 Å². The Balaban J connectivity index is 2.10. The van der Waals surface area contributed by atoms with Crippen LogP contribution in [0.1, 0.15) is 34.9 Å². The molecule has 0 radical (unpaired) electrons. The number of rotatable bonds is 5. The van der Waals surface area contributed by atoms with Gasteiger partial charge >= 0.3 is 10.3 Å². The van der Waals surface area contributed by atoms with E-state index in [1.165, 1.54) is 33.8 Å². The third-order valence-electron chi connectivity index (χ3n) is 4.49. The lowest BCUT2D eigenvalue weighted by atomic mass is 9.89. The molecule has 1 aromatic carbocycles. The number of aliphatic hydroxyl groups is 1. The Labute approximate surface area is 163 Å². The molecule has 0 spiro atoms. The average Bonchev–Trinajstić information content (AvgIpc) is 3.03. The standard InChI is InChI=1S/C17H13F3N4O4S/c18-13-2-1-12(5-10(13)6-21)24-7-11(8-28-29(26,27)23-9-22)15-14(24)3-4-17(19,20)16(15)25/h1-2,5,7,16,23,25H,3-4,8H2/t16-/m0/s1. The van der Waals surface area contributed by atoms with Gasteiger partial charge in [0.15, 0.2) is 6.19 Å². The lowest BCUT2D eigenvalue weighted by Crippen LogP contribution is -2.32. The lowest BCUT2D eigenvalue weighted by Gasteiger charge is -2.29. The van der Waals surface area contributed by atoms with Gasteiger partial charge in [-0.25, -0.2) is 17.4 Å². The van der Waals surface area contributed by atoms with Crippen LogP contribution in [-0.2, 0) is 27.5 Å². The molecule has 0 fully saturated rings. The van der Waals surface area contributed by atoms with Crippen LogP contribution in [0, 0.1) is 28.6 Å². The molecule has 152 valence electrons. The summed E-state index contributed by atoms with van der Waals surface area (Å²) < 4.78 is 72.2. The Kier molecular flexibility index (Phi) is 5.28. The highest BCUT2D eigenvalue weighted by Crippen LogP contribution is 2.44. The van der Waals surface area contributed by atoms with Gasteiger partial charge in [-0.15, -0.1) is 0 Å². The second-order valence-electron chi connectivity index (χ2n) is 6.25. The number of fused-ring (bicyclic) bond motifs is 1. The molecule has 2 aromatic rings. The van der Waals surface area contributed by atoms with Crippen molar-refractivity contribution >= 4 is 10.3 Å². The molecule has 0 unspecified atom stereocenters. The third kappa shape index (κ3) is 3.91. The van der Waals surface area contributed by atoms with E-state index >= 15 is 0 Å². The van der Waals surface area contributed by atoms with Crippen molar-refractivity contribution < 1.29 is 30.9 Å². The zero-order chi connectivity index (χ0) is 21.4. The predicted octanol–water partition coefficient (Wildman–Crippen LogP) is 1.94. The van der Waals surface area contributed by atoms with E-state index in [0.717, 1.165) is 6.07 Å². The summed E-state index contributed by atoms with van der Waals surface area (Å²) in [5.41, 5.74) is -0.0245. The van der Waals surface area contributed by atoms with Crippen LogP contribution in [0.3, 0.4) is 0 Å². The van der Waals surface area contributed by atoms with Crippen molar-refractivity contribution in [3.8, 4) is 17.9 Å². The molecular weight excluding hydrogens is 413 g/mol. The summed E-state index contributed by atoms with van der Waals surface area (Å²) in [6.45, 7) is -0.730. The predicted molar refractivity (Wildman–Crippen MR) is 91.1 cm³/mol. The van der Waals surface area contributed by atoms with E-state index in [2.05, 4.69) is 4.18 Å². The molecule has 1 aliphatic rings. The van der Waals surface area contributed by atoms with E-state index in [1.807, 2.05) is 0 Å². The van der Waals surface area contributed by atoms with Crippen LogP contribution in [0.4, 0.5) is 13.2 Å². The molecule has 0 saturated carbocycles. The van der Waals surface area contributed by atoms with Gasteiger partial charge in [0.1, 0.15) is 18.0 Å². The normalized spacial score (nSPS) is 17.8. The van der Waals surface area contributed by atoms with E-state index in [0.29, 0.717) is 0 Å². The van der Waals surface area contributed by atoms with Gasteiger partial charge in [0.05, 0.1) is 12.2 Å². The van der Waals surface area contributed by atoms with Gasteiger partial charge < -0.3 is 9.67 Å². The number of nitriles is 2. The Morgan fingerprint density at radius 1 is 1.38 bits per heavy atom. The van der Waals surface area contributed by atoms with Gasteiger partial charge in [-0.05, 0) is 24.6 Å². The van der Waals surface area contributed by atoms with Gasteiger partial charge in [0, 0.05) is 35.1 Å². The van der Waals surface area contributed by atoms with Crippen molar-refractivity contribution in [3.63, 3.8) is 0 Å². The van der Waals surface area contributed by atoms with Crippen LogP contribution < -0.4 is 4.72 Å². The fourth-order valence-electron chi connectivity index (χ4n) is 3.16. The second-order valence-corrected chi connectivity index (χ2v) is 7.60. The fourth-order valence-corrected chi connectivity index (χ4v) is 3.61. The number of hydrogen-bond donors (Lipinski definition) is 2. The fraction of sp³-hybridized carbons (Fsp3) is 0.294. The molecule has 1 heterocycles. The summed E-state index contributed by atoms with van der Waals surface area (Å²) in [5.74, 6) is -4.21. The SMILES string of the molecule is N#CNS(=O)(=O)OCc1cn(-c2ccc(F)c(C#N)c2)c2c1[C@H](O)C(F)(F)CC2. The molecule has 0 amide bonds. The second kappa shape index (κ2) is 7.40. The molecule has 29 heavy (non-hydrogen) atoms. The smallest absolute Gasteiger partial charge is 0.368 e. The topological polar surface area (TPSA) is 128 Å². The first kappa shape index (κ1) is 20.7. The Morgan fingerprint density at radius 2 is 2.10 bits per heavy atom. The van der Waals surface area contributed by atoms with Crippen molar-refractivity contribution in [1.29, 1.82) is 10.5 Å². The molecule has 0 saturated heterocycles. The average molecular weight is 426 g/mol. The molecule has 0 bridgehead atoms. The minimum atomic E-state index is -4.46.